The average Bonchev–Trinajstić information content (AvgIpc) is 1.98. The normalized spacial score (nSPS) is 13.2. The Labute approximate surface area is 73.3 Å². The van der Waals surface area contributed by atoms with E-state index in [0.29, 0.717) is 6.54 Å². The molecule has 0 bridgehead atoms. The average molecular weight is 174 g/mol. The molecular formula is C8H18N2O2. The van der Waals surface area contributed by atoms with Crippen molar-refractivity contribution < 1.29 is 9.90 Å². The number of carbonyl (C=O) groups is 1. The van der Waals surface area contributed by atoms with E-state index in [0.717, 1.165) is 0 Å². The van der Waals surface area contributed by atoms with E-state index < -0.39 is 6.04 Å². The lowest BCUT2D eigenvalue weighted by molar-refractivity contribution is -0.134. The van der Waals surface area contributed by atoms with Crippen molar-refractivity contribution in [1.82, 2.24) is 4.90 Å². The molecule has 0 aliphatic rings. The van der Waals surface area contributed by atoms with E-state index >= 15 is 0 Å². The van der Waals surface area contributed by atoms with Gasteiger partial charge in [0.2, 0.25) is 5.91 Å². The Kier molecular flexibility index (Phi) is 4.85. The maximum atomic E-state index is 11.4. The Morgan fingerprint density at radius 2 is 2.00 bits per heavy atom. The fourth-order valence-corrected chi connectivity index (χ4v) is 0.992. The second-order valence-electron chi connectivity index (χ2n) is 3.14. The molecule has 0 aliphatic carbocycles. The van der Waals surface area contributed by atoms with Crippen molar-refractivity contribution in [1.29, 1.82) is 0 Å². The van der Waals surface area contributed by atoms with Crippen molar-refractivity contribution in [3.05, 3.63) is 0 Å². The lowest BCUT2D eigenvalue weighted by atomic mass is 10.2. The summed E-state index contributed by atoms with van der Waals surface area (Å²) in [6.07, 6.45) is 0. The second-order valence-corrected chi connectivity index (χ2v) is 3.14. The Morgan fingerprint density at radius 1 is 1.50 bits per heavy atom. The summed E-state index contributed by atoms with van der Waals surface area (Å²) in [5.74, 6) is -0.112. The van der Waals surface area contributed by atoms with E-state index in [1.807, 2.05) is 13.8 Å². The van der Waals surface area contributed by atoms with Crippen LogP contribution in [0.1, 0.15) is 20.8 Å². The summed E-state index contributed by atoms with van der Waals surface area (Å²) < 4.78 is 0. The molecule has 4 heteroatoms. The first-order valence-electron chi connectivity index (χ1n) is 4.17. The number of amides is 1. The molecule has 0 rings (SSSR count). The molecule has 0 aromatic heterocycles. The van der Waals surface area contributed by atoms with Gasteiger partial charge in [-0.15, -0.1) is 0 Å². The number of rotatable bonds is 4. The molecule has 0 aliphatic heterocycles. The summed E-state index contributed by atoms with van der Waals surface area (Å²) in [5, 5.41) is 8.68. The van der Waals surface area contributed by atoms with Crippen molar-refractivity contribution in [3.63, 3.8) is 0 Å². The lowest BCUT2D eigenvalue weighted by Crippen LogP contribution is -2.46. The highest BCUT2D eigenvalue weighted by Gasteiger charge is 2.18. The van der Waals surface area contributed by atoms with Crippen LogP contribution in [0.4, 0.5) is 0 Å². The van der Waals surface area contributed by atoms with Gasteiger partial charge in [0.05, 0.1) is 12.6 Å². The first kappa shape index (κ1) is 11.4. The zero-order chi connectivity index (χ0) is 9.72. The minimum absolute atomic E-state index is 0.0172. The monoisotopic (exact) mass is 174 g/mol. The molecule has 0 heterocycles. The minimum Gasteiger partial charge on any atom is -0.395 e. The van der Waals surface area contributed by atoms with Gasteiger partial charge in [0.1, 0.15) is 0 Å². The molecule has 0 saturated carbocycles. The van der Waals surface area contributed by atoms with E-state index in [9.17, 15) is 4.79 Å². The van der Waals surface area contributed by atoms with Gasteiger partial charge in [-0.1, -0.05) is 0 Å². The quantitative estimate of drug-likeness (QED) is 0.607. The number of aliphatic hydroxyl groups excluding tert-OH is 1. The van der Waals surface area contributed by atoms with Crippen LogP contribution in [0.25, 0.3) is 0 Å². The molecule has 0 spiro atoms. The first-order chi connectivity index (χ1) is 5.50. The number of hydrogen-bond donors (Lipinski definition) is 2. The van der Waals surface area contributed by atoms with Crippen molar-refractivity contribution in [2.45, 2.75) is 32.9 Å². The number of hydrogen-bond acceptors (Lipinski definition) is 3. The highest BCUT2D eigenvalue weighted by molar-refractivity contribution is 5.81. The maximum absolute atomic E-state index is 11.4. The second kappa shape index (κ2) is 5.11. The van der Waals surface area contributed by atoms with Crippen molar-refractivity contribution >= 4 is 5.91 Å². The largest absolute Gasteiger partial charge is 0.395 e. The molecule has 0 radical (unpaired) electrons. The van der Waals surface area contributed by atoms with Gasteiger partial charge < -0.3 is 15.7 Å². The molecule has 3 N–H and O–H groups in total. The van der Waals surface area contributed by atoms with Gasteiger partial charge in [0, 0.05) is 12.6 Å². The SMILES string of the molecule is CC(C)N(CCO)C(=O)[C@@H](C)N. The van der Waals surface area contributed by atoms with Crippen molar-refractivity contribution in [2.24, 2.45) is 5.73 Å². The van der Waals surface area contributed by atoms with Crippen LogP contribution >= 0.6 is 0 Å². The number of carbonyl (C=O) groups excluding carboxylic acids is 1. The highest BCUT2D eigenvalue weighted by atomic mass is 16.3. The molecule has 0 unspecified atom stereocenters. The van der Waals surface area contributed by atoms with Crippen LogP contribution < -0.4 is 5.73 Å². The zero-order valence-corrected chi connectivity index (χ0v) is 7.95. The van der Waals surface area contributed by atoms with Crippen LogP contribution in [0, 0.1) is 0 Å². The third kappa shape index (κ3) is 3.19. The van der Waals surface area contributed by atoms with E-state index in [1.54, 1.807) is 11.8 Å². The molecule has 4 nitrogen and oxygen atoms in total. The summed E-state index contributed by atoms with van der Waals surface area (Å²) in [7, 11) is 0. The number of nitrogens with zero attached hydrogens (tertiary/aromatic N) is 1. The van der Waals surface area contributed by atoms with Crippen LogP contribution in [0.3, 0.4) is 0 Å². The Balaban J connectivity index is 4.19. The molecule has 1 amide bonds. The van der Waals surface area contributed by atoms with Crippen LogP contribution in [-0.2, 0) is 4.79 Å². The van der Waals surface area contributed by atoms with Crippen molar-refractivity contribution in [3.8, 4) is 0 Å². The third-order valence-corrected chi connectivity index (χ3v) is 1.64. The topological polar surface area (TPSA) is 66.6 Å². The molecule has 0 aromatic rings. The zero-order valence-electron chi connectivity index (χ0n) is 7.95. The molecule has 0 fully saturated rings. The fourth-order valence-electron chi connectivity index (χ4n) is 0.992. The predicted molar refractivity (Wildman–Crippen MR) is 47.6 cm³/mol. The fraction of sp³-hybridized carbons (Fsp3) is 0.875. The van der Waals surface area contributed by atoms with Gasteiger partial charge in [0.25, 0.3) is 0 Å². The molecule has 12 heavy (non-hydrogen) atoms. The van der Waals surface area contributed by atoms with Gasteiger partial charge in [-0.3, -0.25) is 4.79 Å². The van der Waals surface area contributed by atoms with E-state index in [2.05, 4.69) is 0 Å². The summed E-state index contributed by atoms with van der Waals surface area (Å²) in [6.45, 7) is 5.79. The van der Waals surface area contributed by atoms with E-state index in [-0.39, 0.29) is 18.6 Å². The summed E-state index contributed by atoms with van der Waals surface area (Å²) in [5.41, 5.74) is 5.43. The van der Waals surface area contributed by atoms with Crippen molar-refractivity contribution in [2.75, 3.05) is 13.2 Å². The first-order valence-corrected chi connectivity index (χ1v) is 4.17. The van der Waals surface area contributed by atoms with Gasteiger partial charge in [0.15, 0.2) is 0 Å². The van der Waals surface area contributed by atoms with Gasteiger partial charge in [-0.25, -0.2) is 0 Å². The minimum atomic E-state index is -0.487. The third-order valence-electron chi connectivity index (χ3n) is 1.64. The standard InChI is InChI=1S/C8H18N2O2/c1-6(2)10(4-5-11)8(12)7(3)9/h6-7,11H,4-5,9H2,1-3H3/t7-/m1/s1. The molecular weight excluding hydrogens is 156 g/mol. The maximum Gasteiger partial charge on any atom is 0.239 e. The van der Waals surface area contributed by atoms with Crippen LogP contribution in [0.5, 0.6) is 0 Å². The summed E-state index contributed by atoms with van der Waals surface area (Å²) in [4.78, 5) is 12.9. The number of aliphatic hydroxyl groups is 1. The summed E-state index contributed by atoms with van der Waals surface area (Å²) in [6, 6.07) is -0.394. The Bertz CT molecular complexity index is 146. The molecule has 72 valence electrons. The Morgan fingerprint density at radius 3 is 2.25 bits per heavy atom. The molecule has 0 aromatic carbocycles. The van der Waals surface area contributed by atoms with E-state index in [4.69, 9.17) is 10.8 Å². The lowest BCUT2D eigenvalue weighted by Gasteiger charge is -2.27. The predicted octanol–water partition coefficient (Wildman–Crippen LogP) is -0.437. The van der Waals surface area contributed by atoms with Gasteiger partial charge in [-0.05, 0) is 20.8 Å². The van der Waals surface area contributed by atoms with Crippen LogP contribution in [-0.4, -0.2) is 41.1 Å². The van der Waals surface area contributed by atoms with E-state index in [1.165, 1.54) is 0 Å². The summed E-state index contributed by atoms with van der Waals surface area (Å²) >= 11 is 0. The van der Waals surface area contributed by atoms with Crippen LogP contribution in [0.2, 0.25) is 0 Å². The molecule has 1 atom stereocenters. The smallest absolute Gasteiger partial charge is 0.239 e. The highest BCUT2D eigenvalue weighted by Crippen LogP contribution is 1.99. The Hall–Kier alpha value is -0.610. The van der Waals surface area contributed by atoms with Gasteiger partial charge in [-0.2, -0.15) is 0 Å². The van der Waals surface area contributed by atoms with Crippen LogP contribution in [0.15, 0.2) is 0 Å². The number of nitrogens with two attached hydrogens (primary N) is 1. The van der Waals surface area contributed by atoms with Gasteiger partial charge >= 0.3 is 0 Å². The molecule has 0 saturated heterocycles.